The summed E-state index contributed by atoms with van der Waals surface area (Å²) in [6, 6.07) is 7.62. The molecule has 0 radical (unpaired) electrons. The average molecular weight is 428 g/mol. The lowest BCUT2D eigenvalue weighted by Crippen LogP contribution is -2.54. The molecule has 2 atom stereocenters. The Morgan fingerprint density at radius 1 is 1.16 bits per heavy atom. The molecule has 1 aromatic rings. The van der Waals surface area contributed by atoms with Crippen LogP contribution >= 0.6 is 0 Å². The third-order valence-corrected chi connectivity index (χ3v) is 7.11. The van der Waals surface area contributed by atoms with E-state index in [1.165, 1.54) is 0 Å². The number of nitrogens with zero attached hydrogens (tertiary/aromatic N) is 3. The van der Waals surface area contributed by atoms with Crippen molar-refractivity contribution in [2.45, 2.75) is 44.7 Å². The van der Waals surface area contributed by atoms with E-state index in [2.05, 4.69) is 33.5 Å². The maximum absolute atomic E-state index is 13.1. The van der Waals surface area contributed by atoms with Crippen molar-refractivity contribution in [3.05, 3.63) is 29.8 Å². The summed E-state index contributed by atoms with van der Waals surface area (Å²) in [6.07, 6.45) is 3.54. The number of anilines is 1. The fraction of sp³-hybridized carbons (Fsp3) is 0.609. The Bertz CT molecular complexity index is 851. The van der Waals surface area contributed by atoms with Gasteiger partial charge in [0.05, 0.1) is 0 Å². The Morgan fingerprint density at radius 2 is 1.90 bits per heavy atom. The molecule has 3 fully saturated rings. The molecule has 2 heterocycles. The molecule has 3 aliphatic rings. The van der Waals surface area contributed by atoms with Gasteiger partial charge in [-0.05, 0) is 37.4 Å². The van der Waals surface area contributed by atoms with E-state index in [0.29, 0.717) is 13.0 Å². The lowest BCUT2D eigenvalue weighted by molar-refractivity contribution is -0.137. The highest BCUT2D eigenvalue weighted by atomic mass is 16.2. The van der Waals surface area contributed by atoms with Gasteiger partial charge in [0.1, 0.15) is 12.1 Å². The number of amides is 4. The van der Waals surface area contributed by atoms with Gasteiger partial charge in [-0.15, -0.1) is 0 Å². The number of urea groups is 1. The van der Waals surface area contributed by atoms with Crippen LogP contribution in [0, 0.1) is 5.92 Å². The summed E-state index contributed by atoms with van der Waals surface area (Å²) in [4.78, 5) is 43.9. The third-order valence-electron chi connectivity index (χ3n) is 7.11. The Balaban J connectivity index is 1.37. The van der Waals surface area contributed by atoms with E-state index in [-0.39, 0.29) is 24.3 Å². The molecule has 8 nitrogen and oxygen atoms in total. The molecule has 1 aliphatic carbocycles. The zero-order valence-electron chi connectivity index (χ0n) is 18.5. The van der Waals surface area contributed by atoms with Gasteiger partial charge in [0.2, 0.25) is 5.91 Å². The Labute approximate surface area is 183 Å². The van der Waals surface area contributed by atoms with Gasteiger partial charge in [0, 0.05) is 38.4 Å². The molecule has 2 saturated heterocycles. The van der Waals surface area contributed by atoms with Gasteiger partial charge in [-0.25, -0.2) is 4.79 Å². The van der Waals surface area contributed by atoms with Gasteiger partial charge in [0.15, 0.2) is 0 Å². The monoisotopic (exact) mass is 427 g/mol. The minimum absolute atomic E-state index is 0.0845. The fourth-order valence-corrected chi connectivity index (χ4v) is 5.05. The number of carbonyl (C=O) groups excluding carboxylic acids is 3. The second-order valence-corrected chi connectivity index (χ2v) is 9.14. The van der Waals surface area contributed by atoms with Crippen LogP contribution in [0.25, 0.3) is 0 Å². The van der Waals surface area contributed by atoms with Crippen molar-refractivity contribution in [2.24, 2.45) is 5.92 Å². The lowest BCUT2D eigenvalue weighted by atomic mass is 9.73. The number of piperazine rings is 1. The summed E-state index contributed by atoms with van der Waals surface area (Å²) < 4.78 is 0. The molecule has 8 heteroatoms. The van der Waals surface area contributed by atoms with Gasteiger partial charge in [-0.1, -0.05) is 38.0 Å². The molecule has 0 aromatic heterocycles. The summed E-state index contributed by atoms with van der Waals surface area (Å²) in [5, 5.41) is 5.81. The van der Waals surface area contributed by atoms with E-state index in [1.807, 2.05) is 25.1 Å². The molecule has 168 valence electrons. The molecule has 2 unspecified atom stereocenters. The van der Waals surface area contributed by atoms with Crippen LogP contribution in [0.5, 0.6) is 0 Å². The highest BCUT2D eigenvalue weighted by molar-refractivity contribution is 6.09. The van der Waals surface area contributed by atoms with E-state index in [1.54, 1.807) is 0 Å². The molecule has 4 rings (SSSR count). The first-order chi connectivity index (χ1) is 14.9. The summed E-state index contributed by atoms with van der Waals surface area (Å²) in [7, 11) is 2.12. The number of rotatable bonds is 5. The first-order valence-corrected chi connectivity index (χ1v) is 11.3. The average Bonchev–Trinajstić information content (AvgIpc) is 3.00. The smallest absolute Gasteiger partial charge is 0.325 e. The second-order valence-electron chi connectivity index (χ2n) is 9.14. The minimum atomic E-state index is -0.830. The number of carbonyl (C=O) groups is 3. The van der Waals surface area contributed by atoms with Crippen LogP contribution in [-0.4, -0.2) is 73.0 Å². The van der Waals surface area contributed by atoms with Crippen molar-refractivity contribution in [2.75, 3.05) is 44.7 Å². The van der Waals surface area contributed by atoms with E-state index in [9.17, 15) is 14.4 Å². The number of nitrogens with one attached hydrogen (secondary N) is 2. The normalized spacial score (nSPS) is 27.0. The molecule has 1 aromatic carbocycles. The van der Waals surface area contributed by atoms with Crippen LogP contribution in [0.1, 0.15) is 38.2 Å². The number of hydrogen-bond donors (Lipinski definition) is 2. The lowest BCUT2D eigenvalue weighted by Gasteiger charge is -2.36. The van der Waals surface area contributed by atoms with Gasteiger partial charge in [-0.3, -0.25) is 14.5 Å². The molecule has 2 N–H and O–H groups in total. The summed E-state index contributed by atoms with van der Waals surface area (Å²) >= 11 is 0. The van der Waals surface area contributed by atoms with Gasteiger partial charge >= 0.3 is 6.03 Å². The standard InChI is InChI=1S/C23H33N5O3/c1-17-7-5-6-10-23(17)21(30)28(22(31)25-23)16-20(29)24-15-18-8-3-4-9-19(18)27-13-11-26(2)12-14-27/h3-4,8-9,17H,5-7,10-16H2,1-2H3,(H,24,29)(H,25,31). The van der Waals surface area contributed by atoms with Crippen molar-refractivity contribution in [3.63, 3.8) is 0 Å². The van der Waals surface area contributed by atoms with Crippen LogP contribution in [0.2, 0.25) is 0 Å². The van der Waals surface area contributed by atoms with Crippen molar-refractivity contribution in [3.8, 4) is 0 Å². The number of para-hydroxylation sites is 1. The Kier molecular flexibility index (Phi) is 6.18. The van der Waals surface area contributed by atoms with E-state index < -0.39 is 11.6 Å². The predicted molar refractivity (Wildman–Crippen MR) is 119 cm³/mol. The minimum Gasteiger partial charge on any atom is -0.369 e. The van der Waals surface area contributed by atoms with Crippen LogP contribution in [0.4, 0.5) is 10.5 Å². The predicted octanol–water partition coefficient (Wildman–Crippen LogP) is 1.56. The van der Waals surface area contributed by atoms with Crippen molar-refractivity contribution < 1.29 is 14.4 Å². The first-order valence-electron chi connectivity index (χ1n) is 11.3. The van der Waals surface area contributed by atoms with Crippen molar-refractivity contribution in [1.82, 2.24) is 20.4 Å². The fourth-order valence-electron chi connectivity index (χ4n) is 5.05. The number of imide groups is 1. The van der Waals surface area contributed by atoms with Gasteiger partial charge in [-0.2, -0.15) is 0 Å². The van der Waals surface area contributed by atoms with Crippen LogP contribution in [-0.2, 0) is 16.1 Å². The summed E-state index contributed by atoms with van der Waals surface area (Å²) in [5.41, 5.74) is 1.33. The molecular formula is C23H33N5O3. The van der Waals surface area contributed by atoms with E-state index >= 15 is 0 Å². The number of hydrogen-bond acceptors (Lipinski definition) is 5. The second kappa shape index (κ2) is 8.86. The molecular weight excluding hydrogens is 394 g/mol. The zero-order chi connectivity index (χ0) is 22.0. The van der Waals surface area contributed by atoms with Gasteiger partial charge < -0.3 is 20.4 Å². The topological polar surface area (TPSA) is 85.0 Å². The molecule has 2 aliphatic heterocycles. The zero-order valence-corrected chi connectivity index (χ0v) is 18.5. The highest BCUT2D eigenvalue weighted by Crippen LogP contribution is 2.38. The summed E-state index contributed by atoms with van der Waals surface area (Å²) in [5.74, 6) is -0.490. The van der Waals surface area contributed by atoms with E-state index in [0.717, 1.165) is 61.6 Å². The highest BCUT2D eigenvalue weighted by Gasteiger charge is 2.55. The molecule has 0 bridgehead atoms. The largest absolute Gasteiger partial charge is 0.369 e. The quantitative estimate of drug-likeness (QED) is 0.697. The SMILES string of the molecule is CC1CCCCC12NC(=O)N(CC(=O)NCc1ccccc1N1CCN(C)CC1)C2=O. The summed E-state index contributed by atoms with van der Waals surface area (Å²) in [6.45, 7) is 6.05. The first kappa shape index (κ1) is 21.6. The van der Waals surface area contributed by atoms with E-state index in [4.69, 9.17) is 0 Å². The number of likely N-dealkylation sites (N-methyl/N-ethyl adjacent to an activating group) is 1. The van der Waals surface area contributed by atoms with Crippen LogP contribution < -0.4 is 15.5 Å². The van der Waals surface area contributed by atoms with Crippen LogP contribution in [0.3, 0.4) is 0 Å². The maximum Gasteiger partial charge on any atom is 0.325 e. The molecule has 4 amide bonds. The molecule has 31 heavy (non-hydrogen) atoms. The van der Waals surface area contributed by atoms with Crippen molar-refractivity contribution >= 4 is 23.5 Å². The molecule has 1 spiro atoms. The van der Waals surface area contributed by atoms with Crippen molar-refractivity contribution in [1.29, 1.82) is 0 Å². The number of benzene rings is 1. The Hall–Kier alpha value is -2.61. The molecule has 1 saturated carbocycles. The van der Waals surface area contributed by atoms with Gasteiger partial charge in [0.25, 0.3) is 5.91 Å². The maximum atomic E-state index is 13.1. The third kappa shape index (κ3) is 4.26. The van der Waals surface area contributed by atoms with Crippen LogP contribution in [0.15, 0.2) is 24.3 Å². The Morgan fingerprint density at radius 3 is 2.65 bits per heavy atom.